The molecule has 0 bridgehead atoms. The summed E-state index contributed by atoms with van der Waals surface area (Å²) < 4.78 is 31.5. The van der Waals surface area contributed by atoms with Crippen molar-refractivity contribution in [3.05, 3.63) is 53.1 Å². The molecule has 9 heteroatoms. The molecule has 0 fully saturated rings. The zero-order valence-electron chi connectivity index (χ0n) is 19.3. The van der Waals surface area contributed by atoms with Gasteiger partial charge in [-0.15, -0.1) is 0 Å². The molecule has 2 rings (SSSR count). The molecule has 1 amide bonds. The first-order valence-corrected chi connectivity index (χ1v) is 12.8. The molecule has 176 valence electrons. The minimum atomic E-state index is -3.75. The molecule has 7 nitrogen and oxygen atoms in total. The number of carbonyl (C=O) groups is 1. The van der Waals surface area contributed by atoms with E-state index in [2.05, 4.69) is 24.1 Å². The van der Waals surface area contributed by atoms with Crippen LogP contribution >= 0.6 is 11.6 Å². The predicted octanol–water partition coefficient (Wildman–Crippen LogP) is 4.06. The molecule has 1 atom stereocenters. The highest BCUT2D eigenvalue weighted by Crippen LogP contribution is 2.31. The van der Waals surface area contributed by atoms with Crippen molar-refractivity contribution < 1.29 is 17.9 Å². The van der Waals surface area contributed by atoms with Crippen LogP contribution in [0.15, 0.2) is 42.5 Å². The van der Waals surface area contributed by atoms with E-state index in [0.29, 0.717) is 24.4 Å². The summed E-state index contributed by atoms with van der Waals surface area (Å²) in [5.74, 6) is 0.0483. The fourth-order valence-corrected chi connectivity index (χ4v) is 5.03. The van der Waals surface area contributed by atoms with Gasteiger partial charge in [-0.3, -0.25) is 9.10 Å². The lowest BCUT2D eigenvalue weighted by Gasteiger charge is -2.30. The highest BCUT2D eigenvalue weighted by Gasteiger charge is 2.31. The van der Waals surface area contributed by atoms with Crippen molar-refractivity contribution in [3.63, 3.8) is 0 Å². The fourth-order valence-electron chi connectivity index (χ4n) is 3.57. The minimum absolute atomic E-state index is 0.266. The van der Waals surface area contributed by atoms with Gasteiger partial charge in [0.2, 0.25) is 15.9 Å². The molecule has 0 unspecified atom stereocenters. The van der Waals surface area contributed by atoms with Gasteiger partial charge in [0.25, 0.3) is 0 Å². The molecule has 1 N–H and O–H groups in total. The normalized spacial score (nSPS) is 12.2. The lowest BCUT2D eigenvalue weighted by atomic mass is 10.1. The molecule has 0 aromatic heterocycles. The highest BCUT2D eigenvalue weighted by atomic mass is 35.5. The monoisotopic (exact) mass is 481 g/mol. The third kappa shape index (κ3) is 6.29. The van der Waals surface area contributed by atoms with Gasteiger partial charge in [-0.1, -0.05) is 30.7 Å². The zero-order valence-corrected chi connectivity index (χ0v) is 20.8. The van der Waals surface area contributed by atoms with Crippen LogP contribution in [0.4, 0.5) is 11.4 Å². The Morgan fingerprint density at radius 2 is 1.66 bits per heavy atom. The van der Waals surface area contributed by atoms with E-state index in [1.165, 1.54) is 13.2 Å². The van der Waals surface area contributed by atoms with Crippen LogP contribution in [0.1, 0.15) is 32.8 Å². The molecule has 0 saturated heterocycles. The quantitative estimate of drug-likeness (QED) is 0.523. The smallest absolute Gasteiger partial charge is 0.244 e. The van der Waals surface area contributed by atoms with Crippen molar-refractivity contribution in [2.24, 2.45) is 0 Å². The van der Waals surface area contributed by atoms with Gasteiger partial charge in [-0.25, -0.2) is 8.42 Å². The van der Waals surface area contributed by atoms with Gasteiger partial charge >= 0.3 is 0 Å². The van der Waals surface area contributed by atoms with Crippen molar-refractivity contribution in [2.45, 2.75) is 39.8 Å². The van der Waals surface area contributed by atoms with Crippen molar-refractivity contribution in [1.82, 2.24) is 5.32 Å². The van der Waals surface area contributed by atoms with Gasteiger partial charge in [-0.05, 0) is 56.2 Å². The largest absolute Gasteiger partial charge is 0.495 e. The van der Waals surface area contributed by atoms with E-state index in [4.69, 9.17) is 16.3 Å². The molecule has 0 aliphatic carbocycles. The van der Waals surface area contributed by atoms with Gasteiger partial charge < -0.3 is 15.0 Å². The van der Waals surface area contributed by atoms with E-state index in [1.807, 2.05) is 24.3 Å². The molecule has 0 radical (unpaired) electrons. The van der Waals surface area contributed by atoms with Crippen LogP contribution in [0.2, 0.25) is 5.02 Å². The standard InChI is InChI=1S/C23H32ClN3O4S/c1-6-21(27(32(5,29)30)19-13-14-22(31-4)20(24)15-19)23(28)25-16-17-9-11-18(12-10-17)26(7-2)8-3/h9-15,21H,6-8,16H2,1-5H3,(H,25,28)/t21-/m1/s1. The van der Waals surface area contributed by atoms with Gasteiger partial charge in [0.1, 0.15) is 11.8 Å². The minimum Gasteiger partial charge on any atom is -0.495 e. The number of ether oxygens (including phenoxy) is 1. The molecule has 2 aromatic carbocycles. The number of hydrogen-bond donors (Lipinski definition) is 1. The number of methoxy groups -OCH3 is 1. The Morgan fingerprint density at radius 1 is 1.06 bits per heavy atom. The molecule has 2 aromatic rings. The molecule has 32 heavy (non-hydrogen) atoms. The average Bonchev–Trinajstić information content (AvgIpc) is 2.76. The average molecular weight is 482 g/mol. The number of benzene rings is 2. The van der Waals surface area contributed by atoms with Crippen LogP contribution in [-0.4, -0.2) is 46.8 Å². The predicted molar refractivity (Wildman–Crippen MR) is 131 cm³/mol. The van der Waals surface area contributed by atoms with Gasteiger partial charge in [0.15, 0.2) is 0 Å². The Balaban J connectivity index is 2.20. The lowest BCUT2D eigenvalue weighted by molar-refractivity contribution is -0.122. The van der Waals surface area contributed by atoms with Gasteiger partial charge in [0, 0.05) is 25.3 Å². The molecular formula is C23H32ClN3O4S. The van der Waals surface area contributed by atoms with Crippen molar-refractivity contribution in [1.29, 1.82) is 0 Å². The summed E-state index contributed by atoms with van der Waals surface area (Å²) in [7, 11) is -2.27. The molecule has 0 saturated carbocycles. The van der Waals surface area contributed by atoms with Gasteiger partial charge in [-0.2, -0.15) is 0 Å². The lowest BCUT2D eigenvalue weighted by Crippen LogP contribution is -2.49. The van der Waals surface area contributed by atoms with Crippen LogP contribution in [0.25, 0.3) is 0 Å². The number of amides is 1. The first kappa shape index (κ1) is 25.8. The van der Waals surface area contributed by atoms with Crippen LogP contribution in [0.3, 0.4) is 0 Å². The third-order valence-electron chi connectivity index (χ3n) is 5.25. The maximum Gasteiger partial charge on any atom is 0.244 e. The third-order valence-corrected chi connectivity index (χ3v) is 6.73. The molecular weight excluding hydrogens is 450 g/mol. The van der Waals surface area contributed by atoms with E-state index in [9.17, 15) is 13.2 Å². The molecule has 0 spiro atoms. The number of nitrogens with zero attached hydrogens (tertiary/aromatic N) is 2. The summed E-state index contributed by atoms with van der Waals surface area (Å²) >= 11 is 6.20. The second kappa shape index (κ2) is 11.4. The van der Waals surface area contributed by atoms with Gasteiger partial charge in [0.05, 0.1) is 24.1 Å². The molecule has 0 aliphatic heterocycles. The summed E-state index contributed by atoms with van der Waals surface area (Å²) in [6.45, 7) is 8.11. The van der Waals surface area contributed by atoms with Crippen LogP contribution in [0, 0.1) is 0 Å². The first-order chi connectivity index (χ1) is 15.2. The van der Waals surface area contributed by atoms with E-state index >= 15 is 0 Å². The Hall–Kier alpha value is -2.45. The topological polar surface area (TPSA) is 79.0 Å². The summed E-state index contributed by atoms with van der Waals surface area (Å²) in [5, 5.41) is 3.14. The molecule has 0 heterocycles. The van der Waals surface area contributed by atoms with E-state index < -0.39 is 16.1 Å². The maximum atomic E-state index is 13.0. The maximum absolute atomic E-state index is 13.0. The molecule has 0 aliphatic rings. The van der Waals surface area contributed by atoms with Crippen molar-refractivity contribution >= 4 is 38.9 Å². The van der Waals surface area contributed by atoms with E-state index in [1.54, 1.807) is 19.1 Å². The Labute approximate surface area is 196 Å². The number of carbonyl (C=O) groups excluding carboxylic acids is 1. The SMILES string of the molecule is CC[C@H](C(=O)NCc1ccc(N(CC)CC)cc1)N(c1ccc(OC)c(Cl)c1)S(C)(=O)=O. The fraction of sp³-hybridized carbons (Fsp3) is 0.435. The van der Waals surface area contributed by atoms with E-state index in [0.717, 1.165) is 34.9 Å². The Morgan fingerprint density at radius 3 is 2.12 bits per heavy atom. The van der Waals surface area contributed by atoms with Crippen LogP contribution < -0.4 is 19.3 Å². The van der Waals surface area contributed by atoms with Crippen molar-refractivity contribution in [3.8, 4) is 5.75 Å². The number of sulfonamides is 1. The van der Waals surface area contributed by atoms with Crippen LogP contribution in [0.5, 0.6) is 5.75 Å². The number of rotatable bonds is 11. The Bertz CT molecular complexity index is 1010. The summed E-state index contributed by atoms with van der Waals surface area (Å²) in [6, 6.07) is 11.7. The van der Waals surface area contributed by atoms with Crippen LogP contribution in [-0.2, 0) is 21.4 Å². The first-order valence-electron chi connectivity index (χ1n) is 10.6. The number of hydrogen-bond acceptors (Lipinski definition) is 5. The number of nitrogens with one attached hydrogen (secondary N) is 1. The van der Waals surface area contributed by atoms with E-state index in [-0.39, 0.29) is 10.9 Å². The zero-order chi connectivity index (χ0) is 23.9. The van der Waals surface area contributed by atoms with Crippen molar-refractivity contribution in [2.75, 3.05) is 35.7 Å². The summed E-state index contributed by atoms with van der Waals surface area (Å²) in [5.41, 5.74) is 2.36. The number of anilines is 2. The summed E-state index contributed by atoms with van der Waals surface area (Å²) in [4.78, 5) is 15.2. The number of halogens is 1. The summed E-state index contributed by atoms with van der Waals surface area (Å²) in [6.07, 6.45) is 1.37. The highest BCUT2D eigenvalue weighted by molar-refractivity contribution is 7.92. The second-order valence-electron chi connectivity index (χ2n) is 7.36. The second-order valence-corrected chi connectivity index (χ2v) is 9.62. The Kier molecular flexibility index (Phi) is 9.21.